The van der Waals surface area contributed by atoms with Crippen molar-refractivity contribution in [3.8, 4) is 0 Å². The summed E-state index contributed by atoms with van der Waals surface area (Å²) in [7, 11) is 5.09. The second-order valence-corrected chi connectivity index (χ2v) is 19.0. The monoisotopic (exact) mass is 880 g/mol. The van der Waals surface area contributed by atoms with Gasteiger partial charge in [-0.05, 0) is 68.0 Å². The number of aliphatic hydroxyl groups excluding tert-OH is 6. The maximum atomic E-state index is 14.3. The summed E-state index contributed by atoms with van der Waals surface area (Å²) in [6.45, 7) is 16.3. The third-order valence-corrected chi connectivity index (χ3v) is 13.9. The Morgan fingerprint density at radius 2 is 1.39 bits per heavy atom. The summed E-state index contributed by atoms with van der Waals surface area (Å²) in [6.07, 6.45) is -17.3. The minimum atomic E-state index is -1.88. The molecule has 4 rings (SSSR count). The van der Waals surface area contributed by atoms with E-state index in [4.69, 9.17) is 37.9 Å². The summed E-state index contributed by atoms with van der Waals surface area (Å²) in [4.78, 5) is 30.2. The number of aliphatic hydroxyl groups is 7. The van der Waals surface area contributed by atoms with Crippen molar-refractivity contribution in [3.05, 3.63) is 0 Å². The molecule has 0 spiro atoms. The molecule has 0 aromatic heterocycles. The molecule has 61 heavy (non-hydrogen) atoms. The number of carbonyl (C=O) groups is 2. The Bertz CT molecular complexity index is 1420. The predicted octanol–water partition coefficient (Wildman–Crippen LogP) is 0.495. The first kappa shape index (κ1) is 52.2. The Morgan fingerprint density at radius 3 is 1.97 bits per heavy atom. The van der Waals surface area contributed by atoms with Crippen molar-refractivity contribution >= 4 is 11.8 Å². The number of cyclic esters (lactones) is 1. The van der Waals surface area contributed by atoms with Crippen LogP contribution in [0.1, 0.15) is 94.9 Å². The lowest BCUT2D eigenvalue weighted by atomic mass is 9.74. The van der Waals surface area contributed by atoms with Gasteiger partial charge in [-0.25, -0.2) is 0 Å². The molecule has 0 aliphatic carbocycles. The third kappa shape index (κ3) is 11.5. The highest BCUT2D eigenvalue weighted by atomic mass is 16.8. The number of esters is 1. The molecule has 4 heterocycles. The molecule has 0 aromatic carbocycles. The molecule has 0 bridgehead atoms. The van der Waals surface area contributed by atoms with Crippen LogP contribution in [0, 0.1) is 29.6 Å². The van der Waals surface area contributed by atoms with Crippen molar-refractivity contribution in [2.45, 2.75) is 204 Å². The third-order valence-electron chi connectivity index (χ3n) is 13.9. The number of Topliss-reactive ketones (excluding diaryl/α,β-unsaturated/α-hetero) is 1. The van der Waals surface area contributed by atoms with Crippen LogP contribution >= 0.6 is 0 Å². The largest absolute Gasteiger partial charge is 0.462 e. The maximum Gasteiger partial charge on any atom is 0.311 e. The summed E-state index contributed by atoms with van der Waals surface area (Å²) < 4.78 is 50.3. The van der Waals surface area contributed by atoms with Crippen molar-refractivity contribution in [1.82, 2.24) is 4.90 Å². The van der Waals surface area contributed by atoms with E-state index in [1.54, 1.807) is 48.5 Å². The molecule has 0 unspecified atom stereocenters. The molecule has 23 atom stereocenters. The Labute approximate surface area is 361 Å². The van der Waals surface area contributed by atoms with Crippen LogP contribution in [0.4, 0.5) is 0 Å². The summed E-state index contributed by atoms with van der Waals surface area (Å²) in [6, 6.07) is -0.480. The molecule has 4 fully saturated rings. The van der Waals surface area contributed by atoms with Crippen LogP contribution in [-0.4, -0.2) is 190 Å². The molecule has 4 aliphatic rings. The lowest BCUT2D eigenvalue weighted by Crippen LogP contribution is -2.64. The maximum absolute atomic E-state index is 14.3. The highest BCUT2D eigenvalue weighted by Gasteiger charge is 2.54. The van der Waals surface area contributed by atoms with Gasteiger partial charge in [-0.15, -0.1) is 0 Å². The van der Waals surface area contributed by atoms with Crippen LogP contribution in [0.3, 0.4) is 0 Å². The summed E-state index contributed by atoms with van der Waals surface area (Å²) >= 11 is 0. The number of rotatable bonds is 10. The molecule has 18 heteroatoms. The van der Waals surface area contributed by atoms with Crippen molar-refractivity contribution in [3.63, 3.8) is 0 Å². The number of hydrogen-bond acceptors (Lipinski definition) is 18. The van der Waals surface area contributed by atoms with Crippen LogP contribution in [0.15, 0.2) is 0 Å². The summed E-state index contributed by atoms with van der Waals surface area (Å²) in [5.41, 5.74) is -2.97. The molecule has 4 aliphatic heterocycles. The number of carbonyl (C=O) groups excluding carboxylic acids is 2. The smallest absolute Gasteiger partial charge is 0.311 e. The molecule has 18 nitrogen and oxygen atoms in total. The standard InChI is InChI=1S/C43H77NO17/c1-14-27-21(4)31(47)22(5)30(46)19(2)16-42(9,53)38(23(6)35(24(7)39(52)57-27)59-29-17-43(10,54-13)37(51)25(8)56-29)61-41-36(26(44(11)12)15-20(3)55-41)60-40-34(50)33(49)32(48)28(18-45)58-40/h19-29,31-38,40-41,45,47-51,53H,14-18H2,1-13H3/t19-,20-,21+,22+,23+,24-,25+,26+,27-,28-,29+,31+,32+,33+,34-,35+,36-,37+,38-,40+,41+,42+,43-/m1/s1. The first-order valence-electron chi connectivity index (χ1n) is 22.0. The zero-order chi connectivity index (χ0) is 46.0. The van der Waals surface area contributed by atoms with E-state index in [2.05, 4.69) is 0 Å². The van der Waals surface area contributed by atoms with Crippen molar-refractivity contribution in [2.75, 3.05) is 27.8 Å². The second-order valence-electron chi connectivity index (χ2n) is 19.0. The SMILES string of the molecule is CC[C@H]1OC(=O)[C@H](C)[C@@H](O[C@H]2C[C@@](C)(OC)[C@@H](O)[C@H](C)O2)[C@H](C)[C@@H](O[C@@H]2O[C@H](C)C[C@H](N(C)C)[C@H]2O[C@@H]2O[C@H](CO)[C@H](O)[C@H](O)[C@H]2O)[C@@](C)(O)C[C@@H](C)C(=O)[C@H](C)[C@@H](O)[C@H]1C. The average Bonchev–Trinajstić information content (AvgIpc) is 3.21. The Balaban J connectivity index is 1.86. The van der Waals surface area contributed by atoms with Gasteiger partial charge in [0.05, 0.1) is 54.2 Å². The first-order chi connectivity index (χ1) is 28.3. The number of likely N-dealkylation sites (N-methyl/N-ethyl adjacent to an activating group) is 1. The minimum absolute atomic E-state index is 0.0644. The molecular weight excluding hydrogens is 802 g/mol. The Kier molecular flexibility index (Phi) is 18.2. The van der Waals surface area contributed by atoms with Crippen molar-refractivity contribution in [1.29, 1.82) is 0 Å². The van der Waals surface area contributed by atoms with E-state index < -0.39 is 152 Å². The van der Waals surface area contributed by atoms with Gasteiger partial charge in [-0.3, -0.25) is 9.59 Å². The van der Waals surface area contributed by atoms with Gasteiger partial charge in [0.15, 0.2) is 18.9 Å². The normalized spacial score (nSPS) is 50.0. The van der Waals surface area contributed by atoms with Gasteiger partial charge in [-0.2, -0.15) is 0 Å². The highest BCUT2D eigenvalue weighted by Crippen LogP contribution is 2.41. The molecule has 4 saturated heterocycles. The molecule has 0 saturated carbocycles. The van der Waals surface area contributed by atoms with E-state index in [1.165, 1.54) is 14.0 Å². The molecule has 356 valence electrons. The molecule has 0 radical (unpaired) electrons. The van der Waals surface area contributed by atoms with E-state index >= 15 is 0 Å². The highest BCUT2D eigenvalue weighted by molar-refractivity contribution is 5.83. The van der Waals surface area contributed by atoms with E-state index in [1.807, 2.05) is 32.8 Å². The number of methoxy groups -OCH3 is 1. The van der Waals surface area contributed by atoms with Gasteiger partial charge in [-0.1, -0.05) is 34.6 Å². The number of nitrogens with zero attached hydrogens (tertiary/aromatic N) is 1. The summed E-state index contributed by atoms with van der Waals surface area (Å²) in [5, 5.41) is 77.3. The lowest BCUT2D eigenvalue weighted by Gasteiger charge is -2.50. The number of ketones is 1. The number of ether oxygens (including phenoxy) is 8. The van der Waals surface area contributed by atoms with Crippen molar-refractivity contribution < 1.29 is 83.2 Å². The van der Waals surface area contributed by atoms with Crippen molar-refractivity contribution in [2.24, 2.45) is 29.6 Å². The molecule has 7 N–H and O–H groups in total. The van der Waals surface area contributed by atoms with Gasteiger partial charge in [0.25, 0.3) is 0 Å². The molecule has 0 amide bonds. The minimum Gasteiger partial charge on any atom is -0.462 e. The fourth-order valence-electron chi connectivity index (χ4n) is 9.82. The van der Waals surface area contributed by atoms with E-state index in [0.717, 1.165) is 0 Å². The molecular formula is C43H77NO17. The Hall–Kier alpha value is -1.46. The van der Waals surface area contributed by atoms with E-state index in [0.29, 0.717) is 12.8 Å². The summed E-state index contributed by atoms with van der Waals surface area (Å²) in [5.74, 6) is -5.25. The quantitative estimate of drug-likeness (QED) is 0.148. The molecule has 0 aromatic rings. The van der Waals surface area contributed by atoms with Crippen LogP contribution < -0.4 is 0 Å². The van der Waals surface area contributed by atoms with Gasteiger partial charge >= 0.3 is 5.97 Å². The Morgan fingerprint density at radius 1 is 0.754 bits per heavy atom. The van der Waals surface area contributed by atoms with Crippen LogP contribution in [0.5, 0.6) is 0 Å². The van der Waals surface area contributed by atoms with E-state index in [9.17, 15) is 45.3 Å². The van der Waals surface area contributed by atoms with Gasteiger partial charge in [0.2, 0.25) is 0 Å². The van der Waals surface area contributed by atoms with Crippen LogP contribution in [0.2, 0.25) is 0 Å². The topological polar surface area (TPSA) is 253 Å². The fourth-order valence-corrected chi connectivity index (χ4v) is 9.82. The predicted molar refractivity (Wildman–Crippen MR) is 217 cm³/mol. The first-order valence-corrected chi connectivity index (χ1v) is 22.0. The fraction of sp³-hybridized carbons (Fsp3) is 0.953. The van der Waals surface area contributed by atoms with Gasteiger partial charge in [0, 0.05) is 43.2 Å². The zero-order valence-corrected chi connectivity index (χ0v) is 38.3. The van der Waals surface area contributed by atoms with Gasteiger partial charge in [0.1, 0.15) is 48.5 Å². The van der Waals surface area contributed by atoms with Crippen LogP contribution in [-0.2, 0) is 47.5 Å². The van der Waals surface area contributed by atoms with Crippen LogP contribution in [0.25, 0.3) is 0 Å². The lowest BCUT2D eigenvalue weighted by molar-refractivity contribution is -0.362. The zero-order valence-electron chi connectivity index (χ0n) is 38.3. The van der Waals surface area contributed by atoms with Gasteiger partial charge < -0.3 is 78.5 Å². The second kappa shape index (κ2) is 21.2. The number of hydrogen-bond donors (Lipinski definition) is 7. The average molecular weight is 880 g/mol. The van der Waals surface area contributed by atoms with E-state index in [-0.39, 0.29) is 18.6 Å².